The molecule has 2 rings (SSSR count). The Balaban J connectivity index is 1.99. The maximum atomic E-state index is 12.2. The number of hydrogen-bond acceptors (Lipinski definition) is 4. The van der Waals surface area contributed by atoms with E-state index in [9.17, 15) is 8.42 Å². The van der Waals surface area contributed by atoms with Crippen LogP contribution in [0.5, 0.6) is 5.75 Å². The van der Waals surface area contributed by atoms with Crippen LogP contribution in [0.1, 0.15) is 5.56 Å². The van der Waals surface area contributed by atoms with Crippen molar-refractivity contribution in [2.24, 2.45) is 0 Å². The smallest absolute Gasteiger partial charge is 0.182 e. The van der Waals surface area contributed by atoms with Gasteiger partial charge in [-0.25, -0.2) is 8.42 Å². The molecule has 2 aromatic carbocycles. The van der Waals surface area contributed by atoms with E-state index in [0.29, 0.717) is 15.8 Å². The molecular formula is C15H12BrNO3S. The van der Waals surface area contributed by atoms with E-state index in [1.165, 1.54) is 0 Å². The van der Waals surface area contributed by atoms with Gasteiger partial charge in [-0.1, -0.05) is 12.1 Å². The predicted octanol–water partition coefficient (Wildman–Crippen LogP) is 3.17. The van der Waals surface area contributed by atoms with Gasteiger partial charge in [0.25, 0.3) is 0 Å². The van der Waals surface area contributed by atoms with Crippen LogP contribution < -0.4 is 4.74 Å². The van der Waals surface area contributed by atoms with E-state index >= 15 is 0 Å². The zero-order chi connectivity index (χ0) is 15.3. The van der Waals surface area contributed by atoms with Crippen LogP contribution in [-0.2, 0) is 9.84 Å². The average molecular weight is 366 g/mol. The van der Waals surface area contributed by atoms with Crippen LogP contribution in [0.4, 0.5) is 0 Å². The van der Waals surface area contributed by atoms with Crippen LogP contribution in [0.15, 0.2) is 57.9 Å². The van der Waals surface area contributed by atoms with Gasteiger partial charge in [-0.2, -0.15) is 5.26 Å². The molecular weight excluding hydrogens is 354 g/mol. The molecule has 0 N–H and O–H groups in total. The first-order valence-corrected chi connectivity index (χ1v) is 8.58. The highest BCUT2D eigenvalue weighted by Crippen LogP contribution is 2.22. The number of hydrogen-bond donors (Lipinski definition) is 0. The molecule has 0 unspecified atom stereocenters. The lowest BCUT2D eigenvalue weighted by molar-refractivity contribution is 0.341. The lowest BCUT2D eigenvalue weighted by Gasteiger charge is -2.08. The van der Waals surface area contributed by atoms with Gasteiger partial charge in [0.2, 0.25) is 0 Å². The van der Waals surface area contributed by atoms with Gasteiger partial charge in [0.15, 0.2) is 9.84 Å². The van der Waals surface area contributed by atoms with E-state index in [-0.39, 0.29) is 17.3 Å². The number of benzene rings is 2. The van der Waals surface area contributed by atoms with E-state index in [0.717, 1.165) is 0 Å². The van der Waals surface area contributed by atoms with Crippen LogP contribution in [0.3, 0.4) is 0 Å². The summed E-state index contributed by atoms with van der Waals surface area (Å²) in [6, 6.07) is 15.2. The fraction of sp³-hybridized carbons (Fsp3) is 0.133. The Labute approximate surface area is 132 Å². The summed E-state index contributed by atoms with van der Waals surface area (Å²) < 4.78 is 30.3. The Kier molecular flexibility index (Phi) is 4.99. The summed E-state index contributed by atoms with van der Waals surface area (Å²) in [7, 11) is -3.40. The van der Waals surface area contributed by atoms with Crippen molar-refractivity contribution in [2.45, 2.75) is 4.90 Å². The van der Waals surface area contributed by atoms with Gasteiger partial charge in [-0.05, 0) is 52.3 Å². The first-order valence-electron chi connectivity index (χ1n) is 6.13. The molecule has 0 bridgehead atoms. The second-order valence-electron chi connectivity index (χ2n) is 4.23. The maximum absolute atomic E-state index is 12.2. The van der Waals surface area contributed by atoms with Gasteiger partial charge in [0, 0.05) is 4.47 Å². The molecule has 0 atom stereocenters. The van der Waals surface area contributed by atoms with Crippen molar-refractivity contribution in [1.82, 2.24) is 0 Å². The minimum absolute atomic E-state index is 0.0512. The summed E-state index contributed by atoms with van der Waals surface area (Å²) in [6.07, 6.45) is 0. The summed E-state index contributed by atoms with van der Waals surface area (Å²) in [6.45, 7) is 0.0512. The van der Waals surface area contributed by atoms with Crippen molar-refractivity contribution < 1.29 is 13.2 Å². The normalized spacial score (nSPS) is 10.9. The zero-order valence-electron chi connectivity index (χ0n) is 11.0. The van der Waals surface area contributed by atoms with Crippen LogP contribution in [0, 0.1) is 11.3 Å². The Morgan fingerprint density at radius 3 is 2.38 bits per heavy atom. The van der Waals surface area contributed by atoms with Gasteiger partial charge in [-0.3, -0.25) is 0 Å². The summed E-state index contributed by atoms with van der Waals surface area (Å²) in [5.41, 5.74) is 0.531. The van der Waals surface area contributed by atoms with Crippen molar-refractivity contribution in [3.63, 3.8) is 0 Å². The SMILES string of the molecule is N#Cc1ccc(OCCS(=O)(=O)c2ccccc2Br)cc1. The molecule has 0 heterocycles. The van der Waals surface area contributed by atoms with Gasteiger partial charge in [-0.15, -0.1) is 0 Å². The summed E-state index contributed by atoms with van der Waals surface area (Å²) in [5.74, 6) is 0.423. The van der Waals surface area contributed by atoms with Crippen molar-refractivity contribution in [3.8, 4) is 11.8 Å². The van der Waals surface area contributed by atoms with E-state index < -0.39 is 9.84 Å². The molecule has 4 nitrogen and oxygen atoms in total. The zero-order valence-corrected chi connectivity index (χ0v) is 13.4. The molecule has 21 heavy (non-hydrogen) atoms. The molecule has 0 aliphatic rings. The minimum atomic E-state index is -3.40. The van der Waals surface area contributed by atoms with E-state index in [4.69, 9.17) is 10.00 Å². The van der Waals surface area contributed by atoms with Crippen LogP contribution in [-0.4, -0.2) is 20.8 Å². The van der Waals surface area contributed by atoms with Crippen LogP contribution in [0.25, 0.3) is 0 Å². The summed E-state index contributed by atoms with van der Waals surface area (Å²) >= 11 is 3.23. The Morgan fingerprint density at radius 2 is 1.76 bits per heavy atom. The van der Waals surface area contributed by atoms with Gasteiger partial charge >= 0.3 is 0 Å². The molecule has 0 spiro atoms. The van der Waals surface area contributed by atoms with Crippen molar-refractivity contribution >= 4 is 25.8 Å². The second kappa shape index (κ2) is 6.74. The molecule has 2 aromatic rings. The molecule has 108 valence electrons. The fourth-order valence-corrected chi connectivity index (χ4v) is 3.90. The van der Waals surface area contributed by atoms with Crippen molar-refractivity contribution in [2.75, 3.05) is 12.4 Å². The number of ether oxygens (including phenoxy) is 1. The number of nitrogens with zero attached hydrogens (tertiary/aromatic N) is 1. The largest absolute Gasteiger partial charge is 0.493 e. The number of sulfone groups is 1. The predicted molar refractivity (Wildman–Crippen MR) is 82.8 cm³/mol. The van der Waals surface area contributed by atoms with Gasteiger partial charge < -0.3 is 4.74 Å². The van der Waals surface area contributed by atoms with Gasteiger partial charge in [0.1, 0.15) is 12.4 Å². The molecule has 0 saturated heterocycles. The standard InChI is InChI=1S/C15H12BrNO3S/c16-14-3-1-2-4-15(14)21(18,19)10-9-20-13-7-5-12(11-17)6-8-13/h1-8H,9-10H2. The van der Waals surface area contributed by atoms with E-state index in [1.54, 1.807) is 48.5 Å². The molecule has 0 amide bonds. The first-order chi connectivity index (χ1) is 10.0. The lowest BCUT2D eigenvalue weighted by atomic mass is 10.2. The maximum Gasteiger partial charge on any atom is 0.182 e. The molecule has 0 radical (unpaired) electrons. The highest BCUT2D eigenvalue weighted by Gasteiger charge is 2.17. The number of rotatable bonds is 5. The minimum Gasteiger partial charge on any atom is -0.493 e. The number of nitriles is 1. The summed E-state index contributed by atoms with van der Waals surface area (Å²) in [5, 5.41) is 8.69. The molecule has 0 saturated carbocycles. The van der Waals surface area contributed by atoms with Crippen molar-refractivity contribution in [1.29, 1.82) is 5.26 Å². The lowest BCUT2D eigenvalue weighted by Crippen LogP contribution is -2.14. The monoisotopic (exact) mass is 365 g/mol. The highest BCUT2D eigenvalue weighted by molar-refractivity contribution is 9.10. The Hall–Kier alpha value is -1.84. The van der Waals surface area contributed by atoms with Crippen molar-refractivity contribution in [3.05, 3.63) is 58.6 Å². The third-order valence-electron chi connectivity index (χ3n) is 2.78. The Bertz CT molecular complexity index is 764. The Morgan fingerprint density at radius 1 is 1.10 bits per heavy atom. The average Bonchev–Trinajstić information content (AvgIpc) is 2.48. The van der Waals surface area contributed by atoms with Crippen LogP contribution >= 0.6 is 15.9 Å². The van der Waals surface area contributed by atoms with E-state index in [1.807, 2.05) is 6.07 Å². The van der Waals surface area contributed by atoms with Crippen LogP contribution in [0.2, 0.25) is 0 Å². The topological polar surface area (TPSA) is 67.2 Å². The third-order valence-corrected chi connectivity index (χ3v) is 5.46. The molecule has 0 aliphatic heterocycles. The molecule has 0 aromatic heterocycles. The molecule has 0 fully saturated rings. The third kappa shape index (κ3) is 4.06. The quantitative estimate of drug-likeness (QED) is 0.815. The number of halogens is 1. The fourth-order valence-electron chi connectivity index (χ4n) is 1.70. The summed E-state index contributed by atoms with van der Waals surface area (Å²) in [4.78, 5) is 0.258. The van der Waals surface area contributed by atoms with Gasteiger partial charge in [0.05, 0.1) is 22.3 Å². The van der Waals surface area contributed by atoms with E-state index in [2.05, 4.69) is 15.9 Å². The molecule has 0 aliphatic carbocycles. The second-order valence-corrected chi connectivity index (χ2v) is 7.17. The first kappa shape index (κ1) is 15.5. The molecule has 6 heteroatoms. The highest BCUT2D eigenvalue weighted by atomic mass is 79.9.